The number of benzene rings is 1. The van der Waals surface area contributed by atoms with Crippen molar-refractivity contribution in [1.29, 1.82) is 0 Å². The van der Waals surface area contributed by atoms with Gasteiger partial charge in [-0.15, -0.1) is 0 Å². The molecule has 0 bridgehead atoms. The first-order valence-electron chi connectivity index (χ1n) is 6.75. The van der Waals surface area contributed by atoms with Gasteiger partial charge in [-0.05, 0) is 30.3 Å². The zero-order valence-corrected chi connectivity index (χ0v) is 14.2. The number of pyridine rings is 1. The fourth-order valence-corrected chi connectivity index (χ4v) is 2.62. The molecule has 0 fully saturated rings. The number of hydrogen-bond donors (Lipinski definition) is 2. The largest absolute Gasteiger partial charge is 0.342 e. The van der Waals surface area contributed by atoms with Crippen molar-refractivity contribution < 1.29 is 18.0 Å². The standard InChI is InChI=1S/C15H14ClN3O4S/c1-24(22,23)12-4-2-3-11(8-12)19-14(20)9-18-15(21)13-7-10(16)5-6-17-13/h2-8H,9H2,1H3,(H,18,21)(H,19,20). The molecule has 7 nitrogen and oxygen atoms in total. The maximum atomic E-state index is 11.9. The van der Waals surface area contributed by atoms with Gasteiger partial charge in [0.05, 0.1) is 11.4 Å². The number of carbonyl (C=O) groups excluding carboxylic acids is 2. The van der Waals surface area contributed by atoms with Crippen molar-refractivity contribution in [2.75, 3.05) is 18.1 Å². The first kappa shape index (κ1) is 17.9. The van der Waals surface area contributed by atoms with Crippen LogP contribution in [-0.4, -0.2) is 38.0 Å². The summed E-state index contributed by atoms with van der Waals surface area (Å²) in [6.45, 7) is -0.296. The number of carbonyl (C=O) groups is 2. The number of anilines is 1. The summed E-state index contributed by atoms with van der Waals surface area (Å²) in [4.78, 5) is 27.6. The van der Waals surface area contributed by atoms with Gasteiger partial charge in [-0.1, -0.05) is 17.7 Å². The van der Waals surface area contributed by atoms with Crippen LogP contribution in [0, 0.1) is 0 Å². The van der Waals surface area contributed by atoms with E-state index in [9.17, 15) is 18.0 Å². The molecule has 2 N–H and O–H groups in total. The number of nitrogens with one attached hydrogen (secondary N) is 2. The molecule has 2 aromatic rings. The minimum Gasteiger partial charge on any atom is -0.342 e. The van der Waals surface area contributed by atoms with Gasteiger partial charge in [0, 0.05) is 23.2 Å². The average molecular weight is 368 g/mol. The highest BCUT2D eigenvalue weighted by molar-refractivity contribution is 7.90. The first-order chi connectivity index (χ1) is 11.3. The molecule has 0 aliphatic rings. The van der Waals surface area contributed by atoms with E-state index in [1.165, 1.54) is 36.5 Å². The molecule has 0 aliphatic carbocycles. The molecule has 126 valence electrons. The quantitative estimate of drug-likeness (QED) is 0.833. The van der Waals surface area contributed by atoms with Crippen LogP contribution in [-0.2, 0) is 14.6 Å². The molecule has 2 rings (SSSR count). The molecule has 1 heterocycles. The van der Waals surface area contributed by atoms with Gasteiger partial charge in [0.15, 0.2) is 9.84 Å². The van der Waals surface area contributed by atoms with Gasteiger partial charge in [0.2, 0.25) is 5.91 Å². The van der Waals surface area contributed by atoms with Crippen LogP contribution in [0.3, 0.4) is 0 Å². The monoisotopic (exact) mass is 367 g/mol. The van der Waals surface area contributed by atoms with Crippen molar-refractivity contribution in [3.05, 3.63) is 53.3 Å². The van der Waals surface area contributed by atoms with Crippen molar-refractivity contribution >= 4 is 38.9 Å². The molecule has 0 radical (unpaired) electrons. The van der Waals surface area contributed by atoms with Crippen LogP contribution < -0.4 is 10.6 Å². The molecule has 0 saturated carbocycles. The highest BCUT2D eigenvalue weighted by Gasteiger charge is 2.11. The lowest BCUT2D eigenvalue weighted by atomic mass is 10.3. The second kappa shape index (κ2) is 7.41. The molecule has 1 aromatic heterocycles. The van der Waals surface area contributed by atoms with Crippen molar-refractivity contribution in [3.8, 4) is 0 Å². The minimum absolute atomic E-state index is 0.0902. The summed E-state index contributed by atoms with van der Waals surface area (Å²) >= 11 is 5.76. The number of amides is 2. The molecular weight excluding hydrogens is 354 g/mol. The van der Waals surface area contributed by atoms with E-state index < -0.39 is 21.7 Å². The summed E-state index contributed by atoms with van der Waals surface area (Å²) in [7, 11) is -3.37. The van der Waals surface area contributed by atoms with Gasteiger partial charge in [-0.3, -0.25) is 14.6 Å². The van der Waals surface area contributed by atoms with Crippen LogP contribution in [0.5, 0.6) is 0 Å². The zero-order chi connectivity index (χ0) is 17.7. The van der Waals surface area contributed by atoms with Crippen molar-refractivity contribution in [3.63, 3.8) is 0 Å². The summed E-state index contributed by atoms with van der Waals surface area (Å²) in [6.07, 6.45) is 2.46. The molecule has 24 heavy (non-hydrogen) atoms. The Hall–Kier alpha value is -2.45. The lowest BCUT2D eigenvalue weighted by molar-refractivity contribution is -0.115. The Bertz CT molecular complexity index is 884. The fraction of sp³-hybridized carbons (Fsp3) is 0.133. The highest BCUT2D eigenvalue weighted by atomic mass is 35.5. The Balaban J connectivity index is 1.95. The van der Waals surface area contributed by atoms with Gasteiger partial charge >= 0.3 is 0 Å². The molecule has 0 aliphatic heterocycles. The third-order valence-electron chi connectivity index (χ3n) is 2.91. The lowest BCUT2D eigenvalue weighted by Gasteiger charge is -2.08. The van der Waals surface area contributed by atoms with Gasteiger partial charge in [-0.25, -0.2) is 8.42 Å². The van der Waals surface area contributed by atoms with Crippen LogP contribution >= 0.6 is 11.6 Å². The van der Waals surface area contributed by atoms with Gasteiger partial charge in [-0.2, -0.15) is 0 Å². The van der Waals surface area contributed by atoms with E-state index in [1.54, 1.807) is 6.07 Å². The Kier molecular flexibility index (Phi) is 5.53. The number of hydrogen-bond acceptors (Lipinski definition) is 5. The SMILES string of the molecule is CS(=O)(=O)c1cccc(NC(=O)CNC(=O)c2cc(Cl)ccn2)c1. The second-order valence-electron chi connectivity index (χ2n) is 4.89. The van der Waals surface area contributed by atoms with Gasteiger partial charge in [0.1, 0.15) is 5.69 Å². The van der Waals surface area contributed by atoms with E-state index in [2.05, 4.69) is 15.6 Å². The molecule has 0 spiro atoms. The van der Waals surface area contributed by atoms with E-state index in [0.29, 0.717) is 10.7 Å². The minimum atomic E-state index is -3.37. The summed E-state index contributed by atoms with van der Waals surface area (Å²) in [5.41, 5.74) is 0.410. The van der Waals surface area contributed by atoms with E-state index in [4.69, 9.17) is 11.6 Å². The van der Waals surface area contributed by atoms with E-state index in [1.807, 2.05) is 0 Å². The van der Waals surface area contributed by atoms with Crippen LogP contribution in [0.2, 0.25) is 5.02 Å². The van der Waals surface area contributed by atoms with Crippen LogP contribution in [0.1, 0.15) is 10.5 Å². The smallest absolute Gasteiger partial charge is 0.270 e. The molecule has 0 unspecified atom stereocenters. The first-order valence-corrected chi connectivity index (χ1v) is 9.02. The number of rotatable bonds is 5. The van der Waals surface area contributed by atoms with Crippen LogP contribution in [0.25, 0.3) is 0 Å². The average Bonchev–Trinajstić information content (AvgIpc) is 2.52. The normalized spacial score (nSPS) is 10.9. The molecule has 0 atom stereocenters. The molecular formula is C15H14ClN3O4S. The highest BCUT2D eigenvalue weighted by Crippen LogP contribution is 2.15. The maximum Gasteiger partial charge on any atom is 0.270 e. The van der Waals surface area contributed by atoms with Crippen molar-refractivity contribution in [2.24, 2.45) is 0 Å². The third kappa shape index (κ3) is 5.04. The Morgan fingerprint density at radius 3 is 2.62 bits per heavy atom. The summed E-state index contributed by atoms with van der Waals surface area (Å²) in [5.74, 6) is -1.05. The summed E-state index contributed by atoms with van der Waals surface area (Å²) in [6, 6.07) is 8.74. The molecule has 9 heteroatoms. The predicted octanol–water partition coefficient (Wildman–Crippen LogP) is 1.51. The van der Waals surface area contributed by atoms with Crippen molar-refractivity contribution in [2.45, 2.75) is 4.90 Å². The predicted molar refractivity (Wildman–Crippen MR) is 89.8 cm³/mol. The molecule has 2 amide bonds. The lowest BCUT2D eigenvalue weighted by Crippen LogP contribution is -2.33. The Morgan fingerprint density at radius 2 is 1.96 bits per heavy atom. The van der Waals surface area contributed by atoms with Crippen LogP contribution in [0.4, 0.5) is 5.69 Å². The van der Waals surface area contributed by atoms with Gasteiger partial charge < -0.3 is 10.6 Å². The van der Waals surface area contributed by atoms with E-state index in [0.717, 1.165) is 6.26 Å². The Labute approximate surface area is 144 Å². The third-order valence-corrected chi connectivity index (χ3v) is 4.26. The number of nitrogens with zero attached hydrogens (tertiary/aromatic N) is 1. The zero-order valence-electron chi connectivity index (χ0n) is 12.6. The fourth-order valence-electron chi connectivity index (χ4n) is 1.79. The van der Waals surface area contributed by atoms with Crippen molar-refractivity contribution in [1.82, 2.24) is 10.3 Å². The molecule has 0 saturated heterocycles. The van der Waals surface area contributed by atoms with Crippen LogP contribution in [0.15, 0.2) is 47.5 Å². The topological polar surface area (TPSA) is 105 Å². The Morgan fingerprint density at radius 1 is 1.21 bits per heavy atom. The maximum absolute atomic E-state index is 11.9. The second-order valence-corrected chi connectivity index (χ2v) is 7.34. The number of sulfone groups is 1. The van der Waals surface area contributed by atoms with E-state index >= 15 is 0 Å². The van der Waals surface area contributed by atoms with Gasteiger partial charge in [0.25, 0.3) is 5.91 Å². The number of halogens is 1. The summed E-state index contributed by atoms with van der Waals surface area (Å²) in [5, 5.41) is 5.27. The summed E-state index contributed by atoms with van der Waals surface area (Å²) < 4.78 is 23.0. The molecule has 1 aromatic carbocycles. The van der Waals surface area contributed by atoms with E-state index in [-0.39, 0.29) is 17.1 Å². The number of aromatic nitrogens is 1.